The van der Waals surface area contributed by atoms with Crippen molar-refractivity contribution in [3.63, 3.8) is 0 Å². The highest BCUT2D eigenvalue weighted by molar-refractivity contribution is 6.31. The van der Waals surface area contributed by atoms with E-state index in [9.17, 15) is 4.79 Å². The largest absolute Gasteiger partial charge is 0.368 e. The number of carbonyl (C=O) groups excluding carboxylic acids is 1. The number of carbonyl (C=O) groups is 1. The average molecular weight is 273 g/mol. The highest BCUT2D eigenvalue weighted by atomic mass is 35.5. The molecular weight excluding hydrogens is 252 g/mol. The van der Waals surface area contributed by atoms with E-state index >= 15 is 0 Å². The summed E-state index contributed by atoms with van der Waals surface area (Å²) in [7, 11) is 1.73. The third-order valence-corrected chi connectivity index (χ3v) is 4.00. The van der Waals surface area contributed by atoms with Gasteiger partial charge in [-0.3, -0.25) is 9.48 Å². The molecule has 0 aromatic carbocycles. The molecule has 0 fully saturated rings. The van der Waals surface area contributed by atoms with E-state index in [4.69, 9.17) is 17.3 Å². The predicted octanol–water partition coefficient (Wildman–Crippen LogP) is 1.57. The number of primary amides is 1. The van der Waals surface area contributed by atoms with E-state index in [1.807, 2.05) is 25.5 Å². The summed E-state index contributed by atoms with van der Waals surface area (Å²) >= 11 is 6.12. The van der Waals surface area contributed by atoms with Gasteiger partial charge in [0.2, 0.25) is 5.91 Å². The number of nitrogens with zero attached hydrogens (tertiary/aromatic N) is 2. The molecule has 0 spiro atoms. The molecule has 5 nitrogen and oxygen atoms in total. The van der Waals surface area contributed by atoms with Crippen LogP contribution in [0.5, 0.6) is 0 Å². The van der Waals surface area contributed by atoms with Crippen LogP contribution >= 0.6 is 11.6 Å². The first-order valence-electron chi connectivity index (χ1n) is 5.93. The monoisotopic (exact) mass is 272 g/mol. The van der Waals surface area contributed by atoms with Gasteiger partial charge in [0.15, 0.2) is 0 Å². The van der Waals surface area contributed by atoms with E-state index in [1.54, 1.807) is 14.0 Å². The summed E-state index contributed by atoms with van der Waals surface area (Å²) in [5, 5.41) is 8.04. The summed E-state index contributed by atoms with van der Waals surface area (Å²) in [4.78, 5) is 11.5. The first-order valence-corrected chi connectivity index (χ1v) is 6.30. The third kappa shape index (κ3) is 2.67. The minimum Gasteiger partial charge on any atom is -0.368 e. The summed E-state index contributed by atoms with van der Waals surface area (Å²) in [6.07, 6.45) is 0.553. The summed E-state index contributed by atoms with van der Waals surface area (Å²) in [6.45, 7) is 7.57. The fourth-order valence-corrected chi connectivity index (χ4v) is 2.20. The van der Waals surface area contributed by atoms with Crippen LogP contribution in [0.3, 0.4) is 0 Å². The Labute approximate surface area is 113 Å². The number of hydrogen-bond acceptors (Lipinski definition) is 3. The van der Waals surface area contributed by atoms with Crippen LogP contribution in [0.2, 0.25) is 5.02 Å². The van der Waals surface area contributed by atoms with Crippen molar-refractivity contribution in [2.24, 2.45) is 5.73 Å². The Kier molecular flexibility index (Phi) is 4.40. The van der Waals surface area contributed by atoms with E-state index in [2.05, 4.69) is 10.4 Å². The van der Waals surface area contributed by atoms with Crippen molar-refractivity contribution in [1.29, 1.82) is 0 Å². The molecule has 0 bridgehead atoms. The SMILES string of the molecule is CNC(C)(CC(C)n1nc(C)c(Cl)c1C)C(N)=O. The Bertz CT molecular complexity index is 457. The lowest BCUT2D eigenvalue weighted by molar-refractivity contribution is -0.124. The molecule has 3 N–H and O–H groups in total. The maximum atomic E-state index is 11.5. The maximum Gasteiger partial charge on any atom is 0.237 e. The fraction of sp³-hybridized carbons (Fsp3) is 0.667. The number of halogens is 1. The molecule has 1 heterocycles. The quantitative estimate of drug-likeness (QED) is 0.855. The van der Waals surface area contributed by atoms with Crippen LogP contribution in [0, 0.1) is 13.8 Å². The highest BCUT2D eigenvalue weighted by Crippen LogP contribution is 2.26. The van der Waals surface area contributed by atoms with Gasteiger partial charge < -0.3 is 11.1 Å². The van der Waals surface area contributed by atoms with E-state index in [0.717, 1.165) is 11.4 Å². The van der Waals surface area contributed by atoms with Gasteiger partial charge in [-0.05, 0) is 41.2 Å². The topological polar surface area (TPSA) is 72.9 Å². The molecule has 0 saturated heterocycles. The van der Waals surface area contributed by atoms with Gasteiger partial charge in [-0.1, -0.05) is 11.6 Å². The minimum atomic E-state index is -0.752. The molecule has 6 heteroatoms. The number of nitrogens with two attached hydrogens (primary N) is 1. The van der Waals surface area contributed by atoms with Gasteiger partial charge in [-0.15, -0.1) is 0 Å². The van der Waals surface area contributed by atoms with Crippen molar-refractivity contribution in [1.82, 2.24) is 15.1 Å². The van der Waals surface area contributed by atoms with Crippen molar-refractivity contribution in [3.8, 4) is 0 Å². The first kappa shape index (κ1) is 15.0. The molecule has 1 aromatic rings. The molecule has 0 radical (unpaired) electrons. The smallest absolute Gasteiger partial charge is 0.237 e. The molecular formula is C12H21ClN4O. The maximum absolute atomic E-state index is 11.5. The molecule has 0 aliphatic carbocycles. The summed E-state index contributed by atoms with van der Waals surface area (Å²) in [6, 6.07) is 0.0288. The van der Waals surface area contributed by atoms with Crippen LogP contribution < -0.4 is 11.1 Å². The molecule has 1 aromatic heterocycles. The number of aromatic nitrogens is 2. The third-order valence-electron chi connectivity index (χ3n) is 3.45. The zero-order valence-corrected chi connectivity index (χ0v) is 12.3. The van der Waals surface area contributed by atoms with E-state index in [-0.39, 0.29) is 11.9 Å². The molecule has 0 saturated carbocycles. The van der Waals surface area contributed by atoms with Crippen LogP contribution in [-0.2, 0) is 4.79 Å². The van der Waals surface area contributed by atoms with Crippen molar-refractivity contribution < 1.29 is 4.79 Å². The first-order chi connectivity index (χ1) is 8.23. The lowest BCUT2D eigenvalue weighted by Gasteiger charge is -2.29. The van der Waals surface area contributed by atoms with E-state index < -0.39 is 5.54 Å². The number of likely N-dealkylation sites (N-methyl/N-ethyl adjacent to an activating group) is 1. The van der Waals surface area contributed by atoms with Gasteiger partial charge in [0, 0.05) is 0 Å². The number of hydrogen-bond donors (Lipinski definition) is 2. The van der Waals surface area contributed by atoms with Crippen molar-refractivity contribution in [3.05, 3.63) is 16.4 Å². The molecule has 0 aliphatic heterocycles. The Balaban J connectivity index is 2.98. The van der Waals surface area contributed by atoms with Gasteiger partial charge in [0.25, 0.3) is 0 Å². The van der Waals surface area contributed by atoms with Crippen LogP contribution in [0.25, 0.3) is 0 Å². The zero-order valence-electron chi connectivity index (χ0n) is 11.5. The molecule has 102 valence electrons. The summed E-state index contributed by atoms with van der Waals surface area (Å²) in [5.41, 5.74) is 6.38. The molecule has 2 atom stereocenters. The zero-order chi connectivity index (χ0) is 14.1. The Hall–Kier alpha value is -1.07. The predicted molar refractivity (Wildman–Crippen MR) is 72.7 cm³/mol. The minimum absolute atomic E-state index is 0.0288. The van der Waals surface area contributed by atoms with Crippen molar-refractivity contribution >= 4 is 17.5 Å². The number of aryl methyl sites for hydroxylation is 1. The van der Waals surface area contributed by atoms with Gasteiger partial charge >= 0.3 is 0 Å². The van der Waals surface area contributed by atoms with E-state index in [0.29, 0.717) is 11.4 Å². The molecule has 18 heavy (non-hydrogen) atoms. The van der Waals surface area contributed by atoms with Crippen LogP contribution in [0.1, 0.15) is 37.7 Å². The second kappa shape index (κ2) is 5.28. The van der Waals surface area contributed by atoms with Gasteiger partial charge in [0.05, 0.1) is 28.0 Å². The Morgan fingerprint density at radius 1 is 1.61 bits per heavy atom. The highest BCUT2D eigenvalue weighted by Gasteiger charge is 2.32. The van der Waals surface area contributed by atoms with Crippen LogP contribution in [-0.4, -0.2) is 28.3 Å². The molecule has 1 rings (SSSR count). The van der Waals surface area contributed by atoms with Crippen molar-refractivity contribution in [2.75, 3.05) is 7.05 Å². The fourth-order valence-electron chi connectivity index (χ4n) is 2.08. The number of nitrogens with one attached hydrogen (secondary N) is 1. The standard InChI is InChI=1S/C12H21ClN4O/c1-7(6-12(4,15-5)11(14)18)17-9(3)10(13)8(2)16-17/h7,15H,6H2,1-5H3,(H2,14,18). The molecule has 0 aliphatic rings. The van der Waals surface area contributed by atoms with Crippen LogP contribution in [0.4, 0.5) is 0 Å². The Morgan fingerprint density at radius 3 is 2.50 bits per heavy atom. The van der Waals surface area contributed by atoms with Crippen LogP contribution in [0.15, 0.2) is 0 Å². The molecule has 2 unspecified atom stereocenters. The Morgan fingerprint density at radius 2 is 2.17 bits per heavy atom. The van der Waals surface area contributed by atoms with Gasteiger partial charge in [-0.25, -0.2) is 0 Å². The summed E-state index contributed by atoms with van der Waals surface area (Å²) in [5.74, 6) is -0.371. The van der Waals surface area contributed by atoms with E-state index in [1.165, 1.54) is 0 Å². The average Bonchev–Trinajstić information content (AvgIpc) is 2.56. The second-order valence-corrected chi connectivity index (χ2v) is 5.31. The molecule has 1 amide bonds. The number of amides is 1. The van der Waals surface area contributed by atoms with Gasteiger partial charge in [-0.2, -0.15) is 5.10 Å². The second-order valence-electron chi connectivity index (χ2n) is 4.93. The van der Waals surface area contributed by atoms with Crippen molar-refractivity contribution in [2.45, 2.75) is 45.7 Å². The lowest BCUT2D eigenvalue weighted by Crippen LogP contribution is -2.52. The summed E-state index contributed by atoms with van der Waals surface area (Å²) < 4.78 is 1.84. The lowest BCUT2D eigenvalue weighted by atomic mass is 9.93. The number of rotatable bonds is 5. The van der Waals surface area contributed by atoms with Gasteiger partial charge in [0.1, 0.15) is 0 Å². The normalized spacial score (nSPS) is 16.3.